The van der Waals surface area contributed by atoms with Crippen LogP contribution in [0, 0.1) is 0 Å². The van der Waals surface area contributed by atoms with E-state index in [0.29, 0.717) is 5.56 Å². The number of rotatable bonds is 7. The van der Waals surface area contributed by atoms with Gasteiger partial charge in [-0.15, -0.1) is 0 Å². The molecule has 0 bridgehead atoms. The molecule has 2 aromatic carbocycles. The molecule has 0 aliphatic rings. The third-order valence-electron chi connectivity index (χ3n) is 4.06. The van der Waals surface area contributed by atoms with Crippen LogP contribution in [-0.2, 0) is 24.4 Å². The molecule has 1 unspecified atom stereocenters. The van der Waals surface area contributed by atoms with Gasteiger partial charge in [0, 0.05) is 6.54 Å². The number of ether oxygens (including phenoxy) is 2. The first-order valence-corrected chi connectivity index (χ1v) is 11.9. The van der Waals surface area contributed by atoms with Crippen LogP contribution in [0.5, 0.6) is 5.75 Å². The molecule has 180 valence electrons. The fourth-order valence-electron chi connectivity index (χ4n) is 2.73. The second-order valence-electron chi connectivity index (χ2n) is 9.39. The monoisotopic (exact) mass is 477 g/mol. The second kappa shape index (κ2) is 10.2. The van der Waals surface area contributed by atoms with Crippen LogP contribution in [0.3, 0.4) is 0 Å². The first-order chi connectivity index (χ1) is 15.2. The minimum atomic E-state index is -3.99. The summed E-state index contributed by atoms with van der Waals surface area (Å²) in [5.74, 6) is -1.29. The Morgan fingerprint density at radius 3 is 1.91 bits per heavy atom. The Hall–Kier alpha value is -3.07. The van der Waals surface area contributed by atoms with Gasteiger partial charge in [0.05, 0.1) is 5.92 Å². The molecule has 0 saturated carbocycles. The lowest BCUT2D eigenvalue weighted by Crippen LogP contribution is -2.38. The van der Waals surface area contributed by atoms with Gasteiger partial charge in [-0.1, -0.05) is 30.3 Å². The van der Waals surface area contributed by atoms with E-state index in [2.05, 4.69) is 5.32 Å². The zero-order valence-corrected chi connectivity index (χ0v) is 20.6. The Bertz CT molecular complexity index is 1050. The lowest BCUT2D eigenvalue weighted by molar-refractivity contribution is -0.156. The molecule has 0 heterocycles. The van der Waals surface area contributed by atoms with E-state index in [9.17, 15) is 18.0 Å². The number of carbonyl (C=O) groups is 2. The minimum Gasteiger partial charge on any atom is -0.459 e. The van der Waals surface area contributed by atoms with E-state index in [-0.39, 0.29) is 17.2 Å². The summed E-state index contributed by atoms with van der Waals surface area (Å²) in [4.78, 5) is 24.9. The molecule has 0 aliphatic heterocycles. The molecular weight excluding hydrogens is 446 g/mol. The normalized spacial score (nSPS) is 13.0. The fourth-order valence-corrected chi connectivity index (χ4v) is 3.68. The smallest absolute Gasteiger partial charge is 0.407 e. The van der Waals surface area contributed by atoms with Crippen molar-refractivity contribution in [3.8, 4) is 5.75 Å². The van der Waals surface area contributed by atoms with Crippen LogP contribution in [0.25, 0.3) is 0 Å². The molecule has 0 radical (unpaired) electrons. The van der Waals surface area contributed by atoms with Crippen LogP contribution in [0.2, 0.25) is 0 Å². The second-order valence-corrected chi connectivity index (χ2v) is 10.9. The molecule has 9 heteroatoms. The molecule has 8 nitrogen and oxygen atoms in total. The van der Waals surface area contributed by atoms with Crippen molar-refractivity contribution in [2.24, 2.45) is 0 Å². The van der Waals surface area contributed by atoms with E-state index in [1.165, 1.54) is 24.3 Å². The Morgan fingerprint density at radius 1 is 0.848 bits per heavy atom. The molecular formula is C24H31NO7S. The van der Waals surface area contributed by atoms with Crippen LogP contribution < -0.4 is 9.50 Å². The van der Waals surface area contributed by atoms with Gasteiger partial charge in [0.25, 0.3) is 0 Å². The minimum absolute atomic E-state index is 0.0299. The molecule has 0 aromatic heterocycles. The number of amides is 1. The van der Waals surface area contributed by atoms with E-state index in [1.807, 2.05) is 0 Å². The number of benzene rings is 2. The van der Waals surface area contributed by atoms with Crippen molar-refractivity contribution in [3.63, 3.8) is 0 Å². The van der Waals surface area contributed by atoms with E-state index in [4.69, 9.17) is 13.7 Å². The Balaban J connectivity index is 2.20. The van der Waals surface area contributed by atoms with E-state index < -0.39 is 39.3 Å². The van der Waals surface area contributed by atoms with Crippen molar-refractivity contribution >= 4 is 22.2 Å². The van der Waals surface area contributed by atoms with Gasteiger partial charge >= 0.3 is 22.2 Å². The van der Waals surface area contributed by atoms with Gasteiger partial charge in [-0.2, -0.15) is 8.42 Å². The van der Waals surface area contributed by atoms with Crippen molar-refractivity contribution < 1.29 is 31.7 Å². The van der Waals surface area contributed by atoms with E-state index in [1.54, 1.807) is 71.9 Å². The molecule has 0 spiro atoms. The number of carbonyl (C=O) groups excluding carboxylic acids is 2. The molecule has 0 aliphatic carbocycles. The SMILES string of the molecule is CC(C)(C)OC(=O)NCC(C(=O)OC(C)(C)C)c1ccc(OS(=O)(=O)c2ccccc2)cc1. The zero-order chi connectivity index (χ0) is 24.9. The van der Waals surface area contributed by atoms with Gasteiger partial charge < -0.3 is 19.0 Å². The molecule has 1 amide bonds. The molecule has 2 rings (SSSR count). The molecule has 2 aromatic rings. The lowest BCUT2D eigenvalue weighted by atomic mass is 9.98. The highest BCUT2D eigenvalue weighted by Gasteiger charge is 2.28. The summed E-state index contributed by atoms with van der Waals surface area (Å²) in [5.41, 5.74) is -0.896. The maximum absolute atomic E-state index is 12.8. The van der Waals surface area contributed by atoms with Crippen molar-refractivity contribution in [2.45, 2.75) is 63.6 Å². The highest BCUT2D eigenvalue weighted by atomic mass is 32.2. The molecule has 0 fully saturated rings. The highest BCUT2D eigenvalue weighted by Crippen LogP contribution is 2.25. The van der Waals surface area contributed by atoms with Gasteiger partial charge in [-0.3, -0.25) is 4.79 Å². The van der Waals surface area contributed by atoms with Gasteiger partial charge in [0.1, 0.15) is 21.8 Å². The van der Waals surface area contributed by atoms with Crippen LogP contribution >= 0.6 is 0 Å². The summed E-state index contributed by atoms with van der Waals surface area (Å²) in [6.07, 6.45) is -0.662. The Kier molecular flexibility index (Phi) is 8.13. The van der Waals surface area contributed by atoms with Crippen LogP contribution in [0.15, 0.2) is 59.5 Å². The number of alkyl carbamates (subject to hydrolysis) is 1. The fraction of sp³-hybridized carbons (Fsp3) is 0.417. The first kappa shape index (κ1) is 26.2. The van der Waals surface area contributed by atoms with Crippen molar-refractivity contribution in [2.75, 3.05) is 6.54 Å². The lowest BCUT2D eigenvalue weighted by Gasteiger charge is -2.25. The first-order valence-electron chi connectivity index (χ1n) is 10.5. The predicted molar refractivity (Wildman–Crippen MR) is 124 cm³/mol. The maximum Gasteiger partial charge on any atom is 0.407 e. The summed E-state index contributed by atoms with van der Waals surface area (Å²) < 4.78 is 40.8. The summed E-state index contributed by atoms with van der Waals surface area (Å²) in [6, 6.07) is 13.8. The van der Waals surface area contributed by atoms with Crippen LogP contribution in [0.1, 0.15) is 53.0 Å². The third kappa shape index (κ3) is 8.76. The maximum atomic E-state index is 12.8. The largest absolute Gasteiger partial charge is 0.459 e. The number of nitrogens with one attached hydrogen (secondary N) is 1. The number of esters is 1. The van der Waals surface area contributed by atoms with Crippen LogP contribution in [-0.4, -0.2) is 38.2 Å². The number of hydrogen-bond donors (Lipinski definition) is 1. The van der Waals surface area contributed by atoms with Crippen molar-refractivity contribution in [3.05, 3.63) is 60.2 Å². The van der Waals surface area contributed by atoms with Gasteiger partial charge in [-0.05, 0) is 71.4 Å². The van der Waals surface area contributed by atoms with Crippen molar-refractivity contribution in [1.82, 2.24) is 5.32 Å². The molecule has 33 heavy (non-hydrogen) atoms. The predicted octanol–water partition coefficient (Wildman–Crippen LogP) is 4.40. The Labute approximate surface area is 195 Å². The van der Waals surface area contributed by atoms with Gasteiger partial charge in [-0.25, -0.2) is 4.79 Å². The average molecular weight is 478 g/mol. The van der Waals surface area contributed by atoms with Gasteiger partial charge in [0.2, 0.25) is 0 Å². The summed E-state index contributed by atoms with van der Waals surface area (Å²) in [7, 11) is -3.99. The summed E-state index contributed by atoms with van der Waals surface area (Å²) in [6.45, 7) is 10.4. The topological polar surface area (TPSA) is 108 Å². The summed E-state index contributed by atoms with van der Waals surface area (Å²) in [5, 5.41) is 2.59. The van der Waals surface area contributed by atoms with Gasteiger partial charge in [0.15, 0.2) is 0 Å². The molecule has 1 atom stereocenters. The summed E-state index contributed by atoms with van der Waals surface area (Å²) >= 11 is 0. The van der Waals surface area contributed by atoms with Crippen LogP contribution in [0.4, 0.5) is 4.79 Å². The quantitative estimate of drug-likeness (QED) is 0.465. The average Bonchev–Trinajstić information content (AvgIpc) is 2.67. The molecule has 0 saturated heterocycles. The standard InChI is InChI=1S/C24H31NO7S/c1-23(2,3)30-21(26)20(16-25-22(27)31-24(4,5)6)17-12-14-18(15-13-17)32-33(28,29)19-10-8-7-9-11-19/h7-15,20H,16H2,1-6H3,(H,25,27). The van der Waals surface area contributed by atoms with Crippen molar-refractivity contribution in [1.29, 1.82) is 0 Å². The van der Waals surface area contributed by atoms with E-state index >= 15 is 0 Å². The highest BCUT2D eigenvalue weighted by molar-refractivity contribution is 7.87. The van der Waals surface area contributed by atoms with E-state index in [0.717, 1.165) is 0 Å². The third-order valence-corrected chi connectivity index (χ3v) is 5.32. The number of hydrogen-bond acceptors (Lipinski definition) is 7. The molecule has 1 N–H and O–H groups in total. The zero-order valence-electron chi connectivity index (χ0n) is 19.7. The Morgan fingerprint density at radius 2 is 1.39 bits per heavy atom.